The molecule has 0 aromatic heterocycles. The molecule has 0 aliphatic heterocycles. The SMILES string of the molecule is N#Cc1c(Cl)cccc1NC1CCCCCC1C(=O)O. The van der Waals surface area contributed by atoms with Gasteiger partial charge in [-0.25, -0.2) is 0 Å². The summed E-state index contributed by atoms with van der Waals surface area (Å²) in [5, 5.41) is 22.1. The zero-order chi connectivity index (χ0) is 14.5. The maximum Gasteiger partial charge on any atom is 0.308 e. The molecule has 1 aromatic carbocycles. The van der Waals surface area contributed by atoms with Gasteiger partial charge in [0.25, 0.3) is 0 Å². The van der Waals surface area contributed by atoms with E-state index in [1.54, 1.807) is 18.2 Å². The molecule has 1 saturated carbocycles. The number of hydrogen-bond acceptors (Lipinski definition) is 3. The molecule has 1 aliphatic carbocycles. The fourth-order valence-corrected chi connectivity index (χ4v) is 2.95. The minimum absolute atomic E-state index is 0.152. The van der Waals surface area contributed by atoms with Crippen molar-refractivity contribution in [1.29, 1.82) is 5.26 Å². The summed E-state index contributed by atoms with van der Waals surface area (Å²) in [5.41, 5.74) is 1.00. The largest absolute Gasteiger partial charge is 0.481 e. The summed E-state index contributed by atoms with van der Waals surface area (Å²) in [6.07, 6.45) is 4.48. The number of rotatable bonds is 3. The first kappa shape index (κ1) is 14.7. The molecule has 0 bridgehead atoms. The molecule has 2 atom stereocenters. The summed E-state index contributed by atoms with van der Waals surface area (Å²) in [4.78, 5) is 11.4. The second-order valence-corrected chi connectivity index (χ2v) is 5.51. The van der Waals surface area contributed by atoms with Crippen LogP contribution in [0.3, 0.4) is 0 Å². The predicted molar refractivity (Wildman–Crippen MR) is 77.8 cm³/mol. The normalized spacial score (nSPS) is 22.6. The highest BCUT2D eigenvalue weighted by molar-refractivity contribution is 6.32. The average Bonchev–Trinajstić information content (AvgIpc) is 2.64. The number of nitriles is 1. The Balaban J connectivity index is 2.25. The lowest BCUT2D eigenvalue weighted by molar-refractivity contribution is -0.142. The second-order valence-electron chi connectivity index (χ2n) is 5.11. The van der Waals surface area contributed by atoms with E-state index in [2.05, 4.69) is 11.4 Å². The minimum Gasteiger partial charge on any atom is -0.481 e. The van der Waals surface area contributed by atoms with Crippen molar-refractivity contribution in [3.05, 3.63) is 28.8 Å². The van der Waals surface area contributed by atoms with Gasteiger partial charge in [0.2, 0.25) is 0 Å². The quantitative estimate of drug-likeness (QED) is 0.834. The molecule has 2 rings (SSSR count). The molecule has 5 heteroatoms. The lowest BCUT2D eigenvalue weighted by Gasteiger charge is -2.24. The zero-order valence-electron chi connectivity index (χ0n) is 11.1. The number of nitrogens with zero attached hydrogens (tertiary/aromatic N) is 1. The molecule has 0 spiro atoms. The van der Waals surface area contributed by atoms with Crippen LogP contribution in [0.1, 0.15) is 37.7 Å². The van der Waals surface area contributed by atoms with Crippen LogP contribution >= 0.6 is 11.6 Å². The summed E-state index contributed by atoms with van der Waals surface area (Å²) in [7, 11) is 0. The van der Waals surface area contributed by atoms with E-state index in [4.69, 9.17) is 16.9 Å². The van der Waals surface area contributed by atoms with E-state index in [9.17, 15) is 9.90 Å². The van der Waals surface area contributed by atoms with Crippen LogP contribution < -0.4 is 5.32 Å². The third-order valence-corrected chi connectivity index (χ3v) is 4.11. The molecule has 1 fully saturated rings. The Bertz CT molecular complexity index is 539. The van der Waals surface area contributed by atoms with Crippen molar-refractivity contribution < 1.29 is 9.90 Å². The molecule has 0 amide bonds. The third kappa shape index (κ3) is 3.23. The Morgan fingerprint density at radius 3 is 2.80 bits per heavy atom. The molecule has 0 radical (unpaired) electrons. The van der Waals surface area contributed by atoms with Crippen molar-refractivity contribution in [2.24, 2.45) is 5.92 Å². The van der Waals surface area contributed by atoms with E-state index >= 15 is 0 Å². The number of nitrogens with one attached hydrogen (secondary N) is 1. The highest BCUT2D eigenvalue weighted by Gasteiger charge is 2.29. The van der Waals surface area contributed by atoms with Crippen molar-refractivity contribution in [2.45, 2.75) is 38.1 Å². The number of carboxylic acid groups (broad SMARTS) is 1. The van der Waals surface area contributed by atoms with E-state index in [1.165, 1.54) is 0 Å². The number of aliphatic carboxylic acids is 1. The van der Waals surface area contributed by atoms with Gasteiger partial charge in [-0.15, -0.1) is 0 Å². The van der Waals surface area contributed by atoms with Crippen LogP contribution in [0.4, 0.5) is 5.69 Å². The van der Waals surface area contributed by atoms with Gasteiger partial charge < -0.3 is 10.4 Å². The van der Waals surface area contributed by atoms with E-state index in [-0.39, 0.29) is 6.04 Å². The molecule has 4 nitrogen and oxygen atoms in total. The molecule has 106 valence electrons. The number of carboxylic acids is 1. The van der Waals surface area contributed by atoms with Gasteiger partial charge in [0.1, 0.15) is 6.07 Å². The molecule has 1 aromatic rings. The van der Waals surface area contributed by atoms with Crippen molar-refractivity contribution >= 4 is 23.3 Å². The lowest BCUT2D eigenvalue weighted by Crippen LogP contribution is -2.34. The monoisotopic (exact) mass is 292 g/mol. The number of hydrogen-bond donors (Lipinski definition) is 2. The summed E-state index contributed by atoms with van der Waals surface area (Å²) in [6.45, 7) is 0. The van der Waals surface area contributed by atoms with Crippen molar-refractivity contribution in [3.63, 3.8) is 0 Å². The van der Waals surface area contributed by atoms with Crippen LogP contribution in [0.15, 0.2) is 18.2 Å². The van der Waals surface area contributed by atoms with E-state index < -0.39 is 11.9 Å². The average molecular weight is 293 g/mol. The topological polar surface area (TPSA) is 73.1 Å². The lowest BCUT2D eigenvalue weighted by atomic mass is 9.94. The Hall–Kier alpha value is -1.73. The first-order chi connectivity index (χ1) is 9.63. The summed E-state index contributed by atoms with van der Waals surface area (Å²) < 4.78 is 0. The van der Waals surface area contributed by atoms with E-state index in [1.807, 2.05) is 0 Å². The third-order valence-electron chi connectivity index (χ3n) is 3.80. The van der Waals surface area contributed by atoms with Crippen LogP contribution in [0.5, 0.6) is 0 Å². The van der Waals surface area contributed by atoms with E-state index in [0.717, 1.165) is 25.7 Å². The van der Waals surface area contributed by atoms with Gasteiger partial charge in [0.05, 0.1) is 22.2 Å². The van der Waals surface area contributed by atoms with Gasteiger partial charge in [-0.05, 0) is 25.0 Å². The molecule has 2 unspecified atom stereocenters. The number of anilines is 1. The minimum atomic E-state index is -0.773. The van der Waals surface area contributed by atoms with E-state index in [0.29, 0.717) is 22.7 Å². The fraction of sp³-hybridized carbons (Fsp3) is 0.467. The van der Waals surface area contributed by atoms with Crippen LogP contribution in [-0.4, -0.2) is 17.1 Å². The zero-order valence-corrected chi connectivity index (χ0v) is 11.9. The van der Waals surface area contributed by atoms with Crippen LogP contribution in [-0.2, 0) is 4.79 Å². The number of carbonyl (C=O) groups is 1. The summed E-state index contributed by atoms with van der Waals surface area (Å²) in [6, 6.07) is 7.11. The highest BCUT2D eigenvalue weighted by atomic mass is 35.5. The standard InChI is InChI=1S/C15H17ClN2O2/c16-12-6-4-8-14(11(12)9-17)18-13-7-3-1-2-5-10(13)15(19)20/h4,6,8,10,13,18H,1-3,5,7H2,(H,19,20). The van der Waals surface area contributed by atoms with Gasteiger partial charge in [-0.1, -0.05) is 36.9 Å². The molecule has 20 heavy (non-hydrogen) atoms. The molecular weight excluding hydrogens is 276 g/mol. The van der Waals surface area contributed by atoms with Gasteiger partial charge in [-0.3, -0.25) is 4.79 Å². The van der Waals surface area contributed by atoms with Gasteiger partial charge >= 0.3 is 5.97 Å². The van der Waals surface area contributed by atoms with Gasteiger partial charge in [0.15, 0.2) is 0 Å². The van der Waals surface area contributed by atoms with Crippen molar-refractivity contribution in [2.75, 3.05) is 5.32 Å². The van der Waals surface area contributed by atoms with Crippen molar-refractivity contribution in [3.8, 4) is 6.07 Å². The molecule has 0 heterocycles. The Kier molecular flexibility index (Phi) is 4.86. The Morgan fingerprint density at radius 1 is 1.35 bits per heavy atom. The van der Waals surface area contributed by atoms with Crippen LogP contribution in [0.25, 0.3) is 0 Å². The number of benzene rings is 1. The first-order valence-electron chi connectivity index (χ1n) is 6.81. The maximum atomic E-state index is 11.4. The van der Waals surface area contributed by atoms with Gasteiger partial charge in [0, 0.05) is 6.04 Å². The summed E-state index contributed by atoms with van der Waals surface area (Å²) >= 11 is 6.00. The highest BCUT2D eigenvalue weighted by Crippen LogP contribution is 2.29. The second kappa shape index (κ2) is 6.62. The number of halogens is 1. The molecule has 1 aliphatic rings. The Morgan fingerprint density at radius 2 is 2.10 bits per heavy atom. The molecular formula is C15H17ClN2O2. The van der Waals surface area contributed by atoms with Crippen LogP contribution in [0, 0.1) is 17.2 Å². The maximum absolute atomic E-state index is 11.4. The predicted octanol–water partition coefficient (Wildman–Crippen LogP) is 3.66. The molecule has 0 saturated heterocycles. The van der Waals surface area contributed by atoms with Gasteiger partial charge in [-0.2, -0.15) is 5.26 Å². The first-order valence-corrected chi connectivity index (χ1v) is 7.19. The summed E-state index contributed by atoms with van der Waals surface area (Å²) in [5.74, 6) is -1.19. The van der Waals surface area contributed by atoms with Crippen LogP contribution in [0.2, 0.25) is 5.02 Å². The Labute approximate surface area is 123 Å². The smallest absolute Gasteiger partial charge is 0.308 e. The molecule has 2 N–H and O–H groups in total. The van der Waals surface area contributed by atoms with Crippen molar-refractivity contribution in [1.82, 2.24) is 0 Å². The fourth-order valence-electron chi connectivity index (χ4n) is 2.73.